The van der Waals surface area contributed by atoms with Gasteiger partial charge in [-0.25, -0.2) is 0 Å². The van der Waals surface area contributed by atoms with Gasteiger partial charge in [0.1, 0.15) is 5.75 Å². The fourth-order valence-electron chi connectivity index (χ4n) is 3.76. The van der Waals surface area contributed by atoms with Crippen molar-refractivity contribution >= 4 is 17.1 Å². The molecule has 0 amide bonds. The monoisotopic (exact) mass is 332 g/mol. The molecule has 0 aliphatic heterocycles. The largest absolute Gasteiger partial charge is 0.495 e. The Labute approximate surface area is 148 Å². The minimum atomic E-state index is 0.466. The van der Waals surface area contributed by atoms with Gasteiger partial charge in [0.2, 0.25) is 0 Å². The molecule has 1 aliphatic carbocycles. The second-order valence-corrected chi connectivity index (χ2v) is 6.73. The molecule has 4 rings (SSSR count). The van der Waals surface area contributed by atoms with Crippen molar-refractivity contribution in [3.05, 3.63) is 54.1 Å². The van der Waals surface area contributed by atoms with E-state index in [0.717, 1.165) is 27.9 Å². The Bertz CT molecular complexity index is 874. The van der Waals surface area contributed by atoms with Crippen LogP contribution in [0.1, 0.15) is 37.7 Å². The number of methoxy groups -OCH3 is 1. The molecule has 0 spiro atoms. The van der Waals surface area contributed by atoms with Gasteiger partial charge in [0.25, 0.3) is 0 Å². The van der Waals surface area contributed by atoms with E-state index in [9.17, 15) is 0 Å². The molecule has 1 saturated carbocycles. The molecule has 1 aliphatic rings. The molecule has 3 heteroatoms. The Hall–Kier alpha value is -2.55. The standard InChI is InChI=1S/C22H24N2O/c1-25-20-14-8-13-18-19(15-23-17-11-6-3-7-12-17)21(24-22(18)20)16-9-4-2-5-10-16/h2,4-5,8-10,13-15,17,24H,3,6-7,11-12H2,1H3. The number of benzene rings is 2. The molecule has 1 fully saturated rings. The predicted octanol–water partition coefficient (Wildman–Crippen LogP) is 5.60. The van der Waals surface area contributed by atoms with Crippen molar-refractivity contribution in [3.8, 4) is 17.0 Å². The number of rotatable bonds is 4. The summed E-state index contributed by atoms with van der Waals surface area (Å²) in [4.78, 5) is 8.50. The lowest BCUT2D eigenvalue weighted by molar-refractivity contribution is 0.419. The van der Waals surface area contributed by atoms with E-state index in [1.807, 2.05) is 18.2 Å². The lowest BCUT2D eigenvalue weighted by Crippen LogP contribution is -2.09. The van der Waals surface area contributed by atoms with Crippen molar-refractivity contribution in [1.82, 2.24) is 4.98 Å². The highest BCUT2D eigenvalue weighted by Crippen LogP contribution is 2.34. The maximum atomic E-state index is 5.55. The lowest BCUT2D eigenvalue weighted by atomic mass is 9.96. The topological polar surface area (TPSA) is 37.4 Å². The first-order valence-electron chi connectivity index (χ1n) is 9.14. The van der Waals surface area contributed by atoms with Crippen LogP contribution in [0.3, 0.4) is 0 Å². The third-order valence-corrected chi connectivity index (χ3v) is 5.11. The van der Waals surface area contributed by atoms with Gasteiger partial charge in [-0.3, -0.25) is 4.99 Å². The molecular weight excluding hydrogens is 308 g/mol. The number of H-pyrrole nitrogens is 1. The zero-order valence-corrected chi connectivity index (χ0v) is 14.7. The average molecular weight is 332 g/mol. The average Bonchev–Trinajstić information content (AvgIpc) is 3.06. The van der Waals surface area contributed by atoms with E-state index < -0.39 is 0 Å². The van der Waals surface area contributed by atoms with Gasteiger partial charge < -0.3 is 9.72 Å². The Morgan fingerprint density at radius 2 is 1.80 bits per heavy atom. The molecule has 3 nitrogen and oxygen atoms in total. The molecule has 0 bridgehead atoms. The number of aliphatic imine (C=N–C) groups is 1. The van der Waals surface area contributed by atoms with Crippen LogP contribution in [0.5, 0.6) is 5.75 Å². The minimum absolute atomic E-state index is 0.466. The summed E-state index contributed by atoms with van der Waals surface area (Å²) in [6.07, 6.45) is 8.46. The van der Waals surface area contributed by atoms with Gasteiger partial charge in [0.05, 0.1) is 18.3 Å². The minimum Gasteiger partial charge on any atom is -0.495 e. The highest BCUT2D eigenvalue weighted by Gasteiger charge is 2.16. The number of hydrogen-bond acceptors (Lipinski definition) is 2. The van der Waals surface area contributed by atoms with E-state index in [1.165, 1.54) is 37.7 Å². The van der Waals surface area contributed by atoms with Crippen LogP contribution >= 0.6 is 0 Å². The first-order valence-corrected chi connectivity index (χ1v) is 9.14. The maximum Gasteiger partial charge on any atom is 0.142 e. The van der Waals surface area contributed by atoms with Crippen LogP contribution < -0.4 is 4.74 Å². The fraction of sp³-hybridized carbons (Fsp3) is 0.318. The van der Waals surface area contributed by atoms with Crippen molar-refractivity contribution in [2.45, 2.75) is 38.1 Å². The van der Waals surface area contributed by atoms with E-state index in [-0.39, 0.29) is 0 Å². The Kier molecular flexibility index (Phi) is 4.55. The Morgan fingerprint density at radius 1 is 1.00 bits per heavy atom. The van der Waals surface area contributed by atoms with Gasteiger partial charge in [-0.05, 0) is 24.5 Å². The van der Waals surface area contributed by atoms with Crippen molar-refractivity contribution in [2.75, 3.05) is 7.11 Å². The van der Waals surface area contributed by atoms with Gasteiger partial charge in [0, 0.05) is 23.2 Å². The van der Waals surface area contributed by atoms with E-state index in [0.29, 0.717) is 6.04 Å². The van der Waals surface area contributed by atoms with Crippen molar-refractivity contribution in [2.24, 2.45) is 4.99 Å². The lowest BCUT2D eigenvalue weighted by Gasteiger charge is -2.17. The Balaban J connectivity index is 1.83. The summed E-state index contributed by atoms with van der Waals surface area (Å²) in [6, 6.07) is 17.1. The second kappa shape index (κ2) is 7.14. The van der Waals surface area contributed by atoms with Crippen molar-refractivity contribution in [3.63, 3.8) is 0 Å². The second-order valence-electron chi connectivity index (χ2n) is 6.73. The van der Waals surface area contributed by atoms with Crippen LogP contribution in [0.2, 0.25) is 0 Å². The molecule has 3 aromatic rings. The zero-order chi connectivity index (χ0) is 17.1. The molecule has 0 radical (unpaired) electrons. The number of nitrogens with zero attached hydrogens (tertiary/aromatic N) is 1. The van der Waals surface area contributed by atoms with Gasteiger partial charge in [-0.15, -0.1) is 0 Å². The number of hydrogen-bond donors (Lipinski definition) is 1. The number of aromatic nitrogens is 1. The quantitative estimate of drug-likeness (QED) is 0.621. The zero-order valence-electron chi connectivity index (χ0n) is 14.7. The van der Waals surface area contributed by atoms with E-state index in [4.69, 9.17) is 9.73 Å². The van der Waals surface area contributed by atoms with Crippen LogP contribution in [-0.2, 0) is 0 Å². The summed E-state index contributed by atoms with van der Waals surface area (Å²) in [5.41, 5.74) is 4.48. The molecule has 25 heavy (non-hydrogen) atoms. The van der Waals surface area contributed by atoms with Crippen molar-refractivity contribution in [1.29, 1.82) is 0 Å². The summed E-state index contributed by atoms with van der Waals surface area (Å²) in [5, 5.41) is 1.16. The number of aromatic amines is 1. The summed E-state index contributed by atoms with van der Waals surface area (Å²) in [7, 11) is 1.72. The van der Waals surface area contributed by atoms with E-state index >= 15 is 0 Å². The highest BCUT2D eigenvalue weighted by molar-refractivity contribution is 6.07. The van der Waals surface area contributed by atoms with Crippen LogP contribution in [0.4, 0.5) is 0 Å². The fourth-order valence-corrected chi connectivity index (χ4v) is 3.76. The molecule has 1 heterocycles. The first-order chi connectivity index (χ1) is 12.4. The van der Waals surface area contributed by atoms with Crippen molar-refractivity contribution < 1.29 is 4.74 Å². The van der Waals surface area contributed by atoms with E-state index in [2.05, 4.69) is 41.5 Å². The predicted molar refractivity (Wildman–Crippen MR) is 105 cm³/mol. The van der Waals surface area contributed by atoms with Gasteiger partial charge in [0.15, 0.2) is 0 Å². The molecule has 1 N–H and O–H groups in total. The smallest absolute Gasteiger partial charge is 0.142 e. The van der Waals surface area contributed by atoms with E-state index in [1.54, 1.807) is 7.11 Å². The number of fused-ring (bicyclic) bond motifs is 1. The Morgan fingerprint density at radius 3 is 2.56 bits per heavy atom. The first kappa shape index (κ1) is 15.9. The SMILES string of the molecule is COc1cccc2c(C=NC3CCCCC3)c(-c3ccccc3)[nH]c12. The summed E-state index contributed by atoms with van der Waals surface area (Å²) < 4.78 is 5.55. The molecule has 0 atom stereocenters. The number of ether oxygens (including phenoxy) is 1. The third-order valence-electron chi connectivity index (χ3n) is 5.11. The molecule has 128 valence electrons. The van der Waals surface area contributed by atoms with Crippen LogP contribution in [0.15, 0.2) is 53.5 Å². The summed E-state index contributed by atoms with van der Waals surface area (Å²) in [5.74, 6) is 0.868. The van der Waals surface area contributed by atoms with Gasteiger partial charge >= 0.3 is 0 Å². The van der Waals surface area contributed by atoms with Gasteiger partial charge in [-0.1, -0.05) is 61.7 Å². The van der Waals surface area contributed by atoms with Crippen LogP contribution in [-0.4, -0.2) is 24.4 Å². The molecular formula is C22H24N2O. The highest BCUT2D eigenvalue weighted by atomic mass is 16.5. The number of para-hydroxylation sites is 1. The van der Waals surface area contributed by atoms with Crippen LogP contribution in [0, 0.1) is 0 Å². The third kappa shape index (κ3) is 3.19. The molecule has 0 saturated heterocycles. The molecule has 2 aromatic carbocycles. The molecule has 1 aromatic heterocycles. The number of nitrogens with one attached hydrogen (secondary N) is 1. The summed E-state index contributed by atoms with van der Waals surface area (Å²) in [6.45, 7) is 0. The van der Waals surface area contributed by atoms with Gasteiger partial charge in [-0.2, -0.15) is 0 Å². The maximum absolute atomic E-state index is 5.55. The summed E-state index contributed by atoms with van der Waals surface area (Å²) >= 11 is 0. The van der Waals surface area contributed by atoms with Crippen LogP contribution in [0.25, 0.3) is 22.2 Å². The molecule has 0 unspecified atom stereocenters. The normalized spacial score (nSPS) is 15.9.